The highest BCUT2D eigenvalue weighted by molar-refractivity contribution is 6.30. The van der Waals surface area contributed by atoms with Gasteiger partial charge in [-0.2, -0.15) is 5.10 Å². The summed E-state index contributed by atoms with van der Waals surface area (Å²) in [6.45, 7) is 0.181. The first-order chi connectivity index (χ1) is 15.5. The quantitative estimate of drug-likeness (QED) is 0.466. The van der Waals surface area contributed by atoms with E-state index in [2.05, 4.69) is 20.4 Å². The average molecular weight is 450 g/mol. The van der Waals surface area contributed by atoms with Crippen molar-refractivity contribution < 1.29 is 9.90 Å². The van der Waals surface area contributed by atoms with Crippen LogP contribution in [0.2, 0.25) is 5.02 Å². The summed E-state index contributed by atoms with van der Waals surface area (Å²) >= 11 is 6.10. The largest absolute Gasteiger partial charge is 0.394 e. The van der Waals surface area contributed by atoms with Gasteiger partial charge in [-0.3, -0.25) is 9.25 Å². The first kappa shape index (κ1) is 20.2. The fraction of sp³-hybridized carbons (Fsp3) is 0.182. The van der Waals surface area contributed by atoms with Gasteiger partial charge in [-0.05, 0) is 29.8 Å². The molecule has 0 radical (unpaired) electrons. The van der Waals surface area contributed by atoms with Crippen LogP contribution in [0.4, 0.5) is 16.6 Å². The van der Waals surface area contributed by atoms with Gasteiger partial charge in [0.05, 0.1) is 31.1 Å². The minimum absolute atomic E-state index is 0.196. The van der Waals surface area contributed by atoms with E-state index in [9.17, 15) is 9.90 Å². The maximum atomic E-state index is 13.1. The molecular formula is C22H20ClN7O2. The van der Waals surface area contributed by atoms with Crippen LogP contribution in [0.5, 0.6) is 0 Å². The van der Waals surface area contributed by atoms with E-state index in [1.807, 2.05) is 31.3 Å². The Morgan fingerprint density at radius 2 is 2.09 bits per heavy atom. The van der Waals surface area contributed by atoms with Gasteiger partial charge in [0.25, 0.3) is 0 Å². The summed E-state index contributed by atoms with van der Waals surface area (Å²) in [6, 6.07) is 12.1. The number of amides is 1. The van der Waals surface area contributed by atoms with Gasteiger partial charge in [-0.1, -0.05) is 23.7 Å². The van der Waals surface area contributed by atoms with Crippen LogP contribution in [0, 0.1) is 0 Å². The zero-order valence-corrected chi connectivity index (χ0v) is 17.9. The lowest BCUT2D eigenvalue weighted by Gasteiger charge is -2.26. The first-order valence-electron chi connectivity index (χ1n) is 10.0. The van der Waals surface area contributed by atoms with Crippen molar-refractivity contribution in [1.82, 2.24) is 29.2 Å². The highest BCUT2D eigenvalue weighted by Crippen LogP contribution is 2.32. The van der Waals surface area contributed by atoms with Crippen molar-refractivity contribution in [2.75, 3.05) is 11.9 Å². The number of fused-ring (bicyclic) bond motifs is 1. The van der Waals surface area contributed by atoms with Crippen molar-refractivity contribution in [1.29, 1.82) is 0 Å². The van der Waals surface area contributed by atoms with Crippen LogP contribution in [-0.2, 0) is 13.6 Å². The third kappa shape index (κ3) is 3.61. The topological polar surface area (TPSA) is 101 Å². The fourth-order valence-electron chi connectivity index (χ4n) is 3.86. The Bertz CT molecular complexity index is 1300. The molecule has 0 bridgehead atoms. The third-order valence-electron chi connectivity index (χ3n) is 5.48. The van der Waals surface area contributed by atoms with E-state index < -0.39 is 6.04 Å². The van der Waals surface area contributed by atoms with Crippen molar-refractivity contribution in [2.24, 2.45) is 7.05 Å². The molecule has 0 fully saturated rings. The molecular weight excluding hydrogens is 430 g/mol. The number of aliphatic hydroxyl groups excluding tert-OH is 1. The van der Waals surface area contributed by atoms with Gasteiger partial charge in [0, 0.05) is 41.8 Å². The number of benzene rings is 1. The number of carbonyl (C=O) groups excluding carboxylic acids is 1. The molecule has 10 heteroatoms. The molecule has 3 aromatic heterocycles. The van der Waals surface area contributed by atoms with E-state index in [-0.39, 0.29) is 12.6 Å². The van der Waals surface area contributed by atoms with E-state index in [1.54, 1.807) is 50.9 Å². The highest BCUT2D eigenvalue weighted by atomic mass is 35.5. The third-order valence-corrected chi connectivity index (χ3v) is 5.71. The molecule has 32 heavy (non-hydrogen) atoms. The molecule has 4 heterocycles. The second-order valence-electron chi connectivity index (χ2n) is 7.48. The Balaban J connectivity index is 1.39. The number of anilines is 2. The maximum Gasteiger partial charge on any atom is 0.329 e. The van der Waals surface area contributed by atoms with E-state index in [0.29, 0.717) is 23.2 Å². The van der Waals surface area contributed by atoms with Crippen LogP contribution in [0.3, 0.4) is 0 Å². The molecule has 1 aromatic carbocycles. The lowest BCUT2D eigenvalue weighted by Crippen LogP contribution is -2.32. The van der Waals surface area contributed by atoms with Crippen molar-refractivity contribution in [3.63, 3.8) is 0 Å². The lowest BCUT2D eigenvalue weighted by molar-refractivity contribution is 0.141. The molecule has 2 N–H and O–H groups in total. The molecule has 0 spiro atoms. The predicted molar refractivity (Wildman–Crippen MR) is 120 cm³/mol. The van der Waals surface area contributed by atoms with E-state index in [0.717, 1.165) is 22.6 Å². The second-order valence-corrected chi connectivity index (χ2v) is 7.92. The Hall–Kier alpha value is -3.69. The number of hydrogen-bond donors (Lipinski definition) is 2. The van der Waals surface area contributed by atoms with Crippen molar-refractivity contribution in [3.8, 4) is 11.3 Å². The summed E-state index contributed by atoms with van der Waals surface area (Å²) in [5.74, 6) is 1.20. The summed E-state index contributed by atoms with van der Waals surface area (Å²) in [5, 5.41) is 17.8. The summed E-state index contributed by atoms with van der Waals surface area (Å²) < 4.78 is 3.28. The van der Waals surface area contributed by atoms with Crippen LogP contribution in [0.15, 0.2) is 61.1 Å². The Kier molecular flexibility index (Phi) is 5.12. The number of rotatable bonds is 6. The number of nitrogens with one attached hydrogen (secondary N) is 1. The molecule has 1 amide bonds. The Labute approximate surface area is 188 Å². The molecule has 162 valence electrons. The Morgan fingerprint density at radius 1 is 1.22 bits per heavy atom. The SMILES string of the molecule is Cn1nccc1Nc1nccc(-c2cc3n(c2)C(=O)N([C@H](CO)c2cccc(Cl)c2)C3)n1. The van der Waals surface area contributed by atoms with Gasteiger partial charge in [-0.25, -0.2) is 14.8 Å². The molecule has 4 aromatic rings. The van der Waals surface area contributed by atoms with Gasteiger partial charge in [0.1, 0.15) is 5.82 Å². The van der Waals surface area contributed by atoms with Gasteiger partial charge < -0.3 is 15.3 Å². The van der Waals surface area contributed by atoms with E-state index in [4.69, 9.17) is 11.6 Å². The smallest absolute Gasteiger partial charge is 0.329 e. The molecule has 1 aliphatic heterocycles. The number of aromatic nitrogens is 5. The number of aryl methyl sites for hydroxylation is 1. The normalized spacial score (nSPS) is 14.0. The molecule has 1 aliphatic rings. The number of carbonyl (C=O) groups is 1. The van der Waals surface area contributed by atoms with Crippen LogP contribution >= 0.6 is 11.6 Å². The zero-order chi connectivity index (χ0) is 22.2. The van der Waals surface area contributed by atoms with E-state index >= 15 is 0 Å². The van der Waals surface area contributed by atoms with Gasteiger partial charge in [0.2, 0.25) is 5.95 Å². The summed E-state index contributed by atoms with van der Waals surface area (Å²) in [7, 11) is 1.82. The minimum Gasteiger partial charge on any atom is -0.394 e. The molecule has 1 atom stereocenters. The number of aliphatic hydroxyl groups is 1. The van der Waals surface area contributed by atoms with Crippen LogP contribution in [-0.4, -0.2) is 47.0 Å². The predicted octanol–water partition coefficient (Wildman–Crippen LogP) is 3.59. The zero-order valence-electron chi connectivity index (χ0n) is 17.2. The minimum atomic E-state index is -0.474. The van der Waals surface area contributed by atoms with Crippen molar-refractivity contribution in [2.45, 2.75) is 12.6 Å². The molecule has 0 saturated heterocycles. The van der Waals surface area contributed by atoms with Gasteiger partial charge >= 0.3 is 6.03 Å². The molecule has 0 aliphatic carbocycles. The highest BCUT2D eigenvalue weighted by Gasteiger charge is 2.34. The summed E-state index contributed by atoms with van der Waals surface area (Å²) in [4.78, 5) is 23.6. The van der Waals surface area contributed by atoms with Gasteiger partial charge in [-0.15, -0.1) is 0 Å². The fourth-order valence-corrected chi connectivity index (χ4v) is 4.06. The lowest BCUT2D eigenvalue weighted by atomic mass is 10.1. The average Bonchev–Trinajstić information content (AvgIpc) is 3.46. The van der Waals surface area contributed by atoms with Crippen molar-refractivity contribution in [3.05, 3.63) is 77.3 Å². The molecule has 0 saturated carbocycles. The van der Waals surface area contributed by atoms with Crippen LogP contribution < -0.4 is 5.32 Å². The van der Waals surface area contributed by atoms with Crippen LogP contribution in [0.1, 0.15) is 17.3 Å². The maximum absolute atomic E-state index is 13.1. The molecule has 0 unspecified atom stereocenters. The monoisotopic (exact) mass is 449 g/mol. The van der Waals surface area contributed by atoms with Gasteiger partial charge in [0.15, 0.2) is 0 Å². The number of nitrogens with zero attached hydrogens (tertiary/aromatic N) is 6. The second kappa shape index (κ2) is 8.10. The van der Waals surface area contributed by atoms with E-state index in [1.165, 1.54) is 0 Å². The number of halogens is 1. The molecule has 9 nitrogen and oxygen atoms in total. The first-order valence-corrected chi connectivity index (χ1v) is 10.4. The number of hydrogen-bond acceptors (Lipinski definition) is 6. The Morgan fingerprint density at radius 3 is 2.81 bits per heavy atom. The summed E-state index contributed by atoms with van der Waals surface area (Å²) in [5.41, 5.74) is 3.12. The van der Waals surface area contributed by atoms with Crippen molar-refractivity contribution >= 4 is 29.4 Å². The van der Waals surface area contributed by atoms with Crippen LogP contribution in [0.25, 0.3) is 11.3 Å². The molecule has 5 rings (SSSR count). The standard InChI is InChI=1S/C22H20ClN7O2/c1-28-20(6-8-25-28)27-21-24-7-5-18(26-21)15-10-17-12-30(22(32)29(17)11-15)19(13-31)14-3-2-4-16(23)9-14/h2-11,19,31H,12-13H2,1H3,(H,24,26,27)/t19-/m1/s1. The summed E-state index contributed by atoms with van der Waals surface area (Å²) in [6.07, 6.45) is 5.12.